The summed E-state index contributed by atoms with van der Waals surface area (Å²) in [7, 11) is 0. The normalized spacial score (nSPS) is 13.8. The van der Waals surface area contributed by atoms with Gasteiger partial charge in [-0.1, -0.05) is 25.1 Å². The van der Waals surface area contributed by atoms with Crippen molar-refractivity contribution in [1.29, 1.82) is 0 Å². The van der Waals surface area contributed by atoms with Gasteiger partial charge in [0.25, 0.3) is 11.8 Å². The fraction of sp³-hybridized carbons (Fsp3) is 0.200. The molecule has 1 N–H and O–H groups in total. The van der Waals surface area contributed by atoms with Crippen LogP contribution in [0.5, 0.6) is 5.75 Å². The van der Waals surface area contributed by atoms with Crippen molar-refractivity contribution in [3.63, 3.8) is 0 Å². The highest BCUT2D eigenvalue weighted by molar-refractivity contribution is 7.11. The summed E-state index contributed by atoms with van der Waals surface area (Å²) in [4.78, 5) is 28.9. The summed E-state index contributed by atoms with van der Waals surface area (Å²) in [6, 6.07) is 16.7. The van der Waals surface area contributed by atoms with Crippen LogP contribution in [-0.2, 0) is 9.59 Å². The molecule has 4 rings (SSSR count). The SMILES string of the molecule is CCCOc1cccc(N2C(=O)C(Nc3ccc(C)c(C)c3)=C(c3cccs3)C2=O)c1. The minimum absolute atomic E-state index is 0.288. The first-order valence-electron chi connectivity index (χ1n) is 10.2. The van der Waals surface area contributed by atoms with E-state index in [1.807, 2.05) is 62.5 Å². The first-order chi connectivity index (χ1) is 15.0. The summed E-state index contributed by atoms with van der Waals surface area (Å²) >= 11 is 1.44. The smallest absolute Gasteiger partial charge is 0.282 e. The molecular formula is C25H24N2O3S. The number of aryl methyl sites for hydroxylation is 2. The van der Waals surface area contributed by atoms with Gasteiger partial charge in [-0.2, -0.15) is 0 Å². The molecule has 1 aliphatic rings. The van der Waals surface area contributed by atoms with Crippen LogP contribution < -0.4 is 15.0 Å². The number of ether oxygens (including phenoxy) is 1. The Kier molecular flexibility index (Phi) is 5.91. The molecule has 0 atom stereocenters. The van der Waals surface area contributed by atoms with Crippen LogP contribution in [0.25, 0.3) is 5.57 Å². The molecule has 5 nitrogen and oxygen atoms in total. The van der Waals surface area contributed by atoms with Gasteiger partial charge < -0.3 is 10.1 Å². The highest BCUT2D eigenvalue weighted by atomic mass is 32.1. The second-order valence-corrected chi connectivity index (χ2v) is 8.39. The second kappa shape index (κ2) is 8.78. The predicted molar refractivity (Wildman–Crippen MR) is 125 cm³/mol. The van der Waals surface area contributed by atoms with Crippen molar-refractivity contribution in [2.75, 3.05) is 16.8 Å². The van der Waals surface area contributed by atoms with Gasteiger partial charge in [0.1, 0.15) is 11.4 Å². The van der Waals surface area contributed by atoms with Gasteiger partial charge in [0.2, 0.25) is 0 Å². The largest absolute Gasteiger partial charge is 0.494 e. The zero-order valence-corrected chi connectivity index (χ0v) is 18.6. The summed E-state index contributed by atoms with van der Waals surface area (Å²) in [5.74, 6) is -0.0844. The van der Waals surface area contributed by atoms with E-state index in [0.717, 1.165) is 28.1 Å². The van der Waals surface area contributed by atoms with Crippen molar-refractivity contribution in [1.82, 2.24) is 0 Å². The predicted octanol–water partition coefficient (Wildman–Crippen LogP) is 5.55. The zero-order valence-electron chi connectivity index (χ0n) is 17.8. The van der Waals surface area contributed by atoms with Crippen LogP contribution in [0.4, 0.5) is 11.4 Å². The second-order valence-electron chi connectivity index (χ2n) is 7.44. The van der Waals surface area contributed by atoms with Crippen molar-refractivity contribution in [2.24, 2.45) is 0 Å². The molecule has 2 heterocycles. The Morgan fingerprint density at radius 2 is 1.81 bits per heavy atom. The Morgan fingerprint density at radius 1 is 0.968 bits per heavy atom. The van der Waals surface area contributed by atoms with Crippen LogP contribution >= 0.6 is 11.3 Å². The quantitative estimate of drug-likeness (QED) is 0.497. The summed E-state index contributed by atoms with van der Waals surface area (Å²) in [5.41, 5.74) is 4.22. The number of carbonyl (C=O) groups excluding carboxylic acids is 2. The van der Waals surface area contributed by atoms with E-state index in [1.165, 1.54) is 16.2 Å². The molecule has 0 saturated carbocycles. The Balaban J connectivity index is 1.73. The third-order valence-electron chi connectivity index (χ3n) is 5.18. The molecule has 0 saturated heterocycles. The van der Waals surface area contributed by atoms with E-state index in [2.05, 4.69) is 5.32 Å². The topological polar surface area (TPSA) is 58.6 Å². The number of anilines is 2. The van der Waals surface area contributed by atoms with E-state index in [1.54, 1.807) is 18.2 Å². The number of imide groups is 1. The molecule has 0 unspecified atom stereocenters. The number of rotatable bonds is 7. The van der Waals surface area contributed by atoms with Gasteiger partial charge in [0, 0.05) is 16.6 Å². The summed E-state index contributed by atoms with van der Waals surface area (Å²) < 4.78 is 5.70. The Morgan fingerprint density at radius 3 is 2.52 bits per heavy atom. The van der Waals surface area contributed by atoms with Gasteiger partial charge in [0.15, 0.2) is 0 Å². The van der Waals surface area contributed by atoms with Crippen molar-refractivity contribution in [3.05, 3.63) is 81.7 Å². The molecule has 1 aliphatic heterocycles. The first kappa shape index (κ1) is 20.9. The van der Waals surface area contributed by atoms with Crippen molar-refractivity contribution >= 4 is 40.1 Å². The minimum atomic E-state index is -0.376. The standard InChI is InChI=1S/C25H24N2O3S/c1-4-12-30-20-8-5-7-19(15-20)27-24(28)22(21-9-6-13-31-21)23(25(27)29)26-18-11-10-16(2)17(3)14-18/h5-11,13-15,26H,4,12H2,1-3H3. The first-order valence-corrected chi connectivity index (χ1v) is 11.1. The molecule has 1 aromatic heterocycles. The Labute approximate surface area is 186 Å². The number of carbonyl (C=O) groups is 2. The van der Waals surface area contributed by atoms with E-state index < -0.39 is 0 Å². The minimum Gasteiger partial charge on any atom is -0.494 e. The number of benzene rings is 2. The molecule has 0 spiro atoms. The number of hydrogen-bond acceptors (Lipinski definition) is 5. The van der Waals surface area contributed by atoms with Crippen molar-refractivity contribution in [3.8, 4) is 5.75 Å². The molecule has 0 bridgehead atoms. The highest BCUT2D eigenvalue weighted by Crippen LogP contribution is 2.36. The lowest BCUT2D eigenvalue weighted by atomic mass is 10.1. The van der Waals surface area contributed by atoms with E-state index in [0.29, 0.717) is 23.6 Å². The van der Waals surface area contributed by atoms with Gasteiger partial charge in [-0.3, -0.25) is 9.59 Å². The van der Waals surface area contributed by atoms with Crippen LogP contribution in [-0.4, -0.2) is 18.4 Å². The Hall–Kier alpha value is -3.38. The maximum Gasteiger partial charge on any atom is 0.282 e. The number of amides is 2. The van der Waals surface area contributed by atoms with Gasteiger partial charge in [-0.25, -0.2) is 4.90 Å². The molecule has 0 radical (unpaired) electrons. The summed E-state index contributed by atoms with van der Waals surface area (Å²) in [6.07, 6.45) is 0.875. The maximum absolute atomic E-state index is 13.5. The summed E-state index contributed by atoms with van der Waals surface area (Å²) in [6.45, 7) is 6.66. The molecule has 0 fully saturated rings. The highest BCUT2D eigenvalue weighted by Gasteiger charge is 2.40. The molecule has 0 aliphatic carbocycles. The van der Waals surface area contributed by atoms with Crippen LogP contribution in [0.3, 0.4) is 0 Å². The van der Waals surface area contributed by atoms with Gasteiger partial charge in [-0.05, 0) is 67.1 Å². The molecule has 6 heteroatoms. The number of nitrogens with one attached hydrogen (secondary N) is 1. The van der Waals surface area contributed by atoms with Crippen LogP contribution in [0.2, 0.25) is 0 Å². The van der Waals surface area contributed by atoms with Crippen molar-refractivity contribution < 1.29 is 14.3 Å². The van der Waals surface area contributed by atoms with E-state index >= 15 is 0 Å². The van der Waals surface area contributed by atoms with Crippen molar-refractivity contribution in [2.45, 2.75) is 27.2 Å². The lowest BCUT2D eigenvalue weighted by Gasteiger charge is -2.16. The Bertz CT molecular complexity index is 1170. The number of hydrogen-bond donors (Lipinski definition) is 1. The average molecular weight is 433 g/mol. The van der Waals surface area contributed by atoms with Crippen LogP contribution in [0, 0.1) is 13.8 Å². The van der Waals surface area contributed by atoms with Crippen LogP contribution in [0.15, 0.2) is 65.7 Å². The van der Waals surface area contributed by atoms with Gasteiger partial charge in [0.05, 0.1) is 17.9 Å². The van der Waals surface area contributed by atoms with Gasteiger partial charge in [-0.15, -0.1) is 11.3 Å². The third-order valence-corrected chi connectivity index (χ3v) is 6.06. The van der Waals surface area contributed by atoms with E-state index in [-0.39, 0.29) is 17.5 Å². The molecule has 2 amide bonds. The molecule has 31 heavy (non-hydrogen) atoms. The van der Waals surface area contributed by atoms with E-state index in [4.69, 9.17) is 4.74 Å². The maximum atomic E-state index is 13.5. The molecule has 3 aromatic rings. The lowest BCUT2D eigenvalue weighted by molar-refractivity contribution is -0.120. The summed E-state index contributed by atoms with van der Waals surface area (Å²) in [5, 5.41) is 5.12. The monoisotopic (exact) mass is 432 g/mol. The molecule has 2 aromatic carbocycles. The number of thiophene rings is 1. The van der Waals surface area contributed by atoms with Crippen LogP contribution in [0.1, 0.15) is 29.3 Å². The lowest BCUT2D eigenvalue weighted by Crippen LogP contribution is -2.32. The zero-order chi connectivity index (χ0) is 22.0. The fourth-order valence-electron chi connectivity index (χ4n) is 3.43. The molecule has 158 valence electrons. The fourth-order valence-corrected chi connectivity index (χ4v) is 4.19. The number of nitrogens with zero attached hydrogens (tertiary/aromatic N) is 1. The van der Waals surface area contributed by atoms with E-state index in [9.17, 15) is 9.59 Å². The average Bonchev–Trinajstić information content (AvgIpc) is 3.36. The molecular weight excluding hydrogens is 408 g/mol. The van der Waals surface area contributed by atoms with Gasteiger partial charge >= 0.3 is 0 Å². The third kappa shape index (κ3) is 4.11.